The highest BCUT2D eigenvalue weighted by Gasteiger charge is 2.44. The highest BCUT2D eigenvalue weighted by molar-refractivity contribution is 6.30. The summed E-state index contributed by atoms with van der Waals surface area (Å²) in [6, 6.07) is 7.12. The first-order chi connectivity index (χ1) is 12.5. The molecule has 1 aromatic carbocycles. The molecule has 0 radical (unpaired) electrons. The van der Waals surface area contributed by atoms with E-state index in [0.29, 0.717) is 23.7 Å². The number of hydrogen-bond donors (Lipinski definition) is 1. The zero-order chi connectivity index (χ0) is 18.7. The standard InChI is InChI=1S/C19H27ClN4O2/c1-3-19(7-8-23(14-19)18(26)21-2)24-11-9-22(10-12-24)17(25)15-5-4-6-16(20)13-15/h4-6,13H,3,7-12,14H2,1-2H3,(H,21,26)/t19-/m0/s1. The van der Waals surface area contributed by atoms with Crippen molar-refractivity contribution in [3.05, 3.63) is 34.9 Å². The molecule has 2 aliphatic rings. The zero-order valence-corrected chi connectivity index (χ0v) is 16.3. The first kappa shape index (κ1) is 19.0. The molecule has 3 rings (SSSR count). The largest absolute Gasteiger partial charge is 0.341 e. The van der Waals surface area contributed by atoms with E-state index in [1.54, 1.807) is 19.2 Å². The number of nitrogens with zero attached hydrogens (tertiary/aromatic N) is 3. The molecule has 0 saturated carbocycles. The van der Waals surface area contributed by atoms with Crippen LogP contribution in [-0.4, -0.2) is 78.5 Å². The molecule has 0 unspecified atom stereocenters. The zero-order valence-electron chi connectivity index (χ0n) is 15.5. The Morgan fingerprint density at radius 3 is 2.50 bits per heavy atom. The minimum absolute atomic E-state index is 0.00454. The van der Waals surface area contributed by atoms with Crippen LogP contribution in [0.2, 0.25) is 5.02 Å². The van der Waals surface area contributed by atoms with Crippen LogP contribution in [0.3, 0.4) is 0 Å². The van der Waals surface area contributed by atoms with Crippen molar-refractivity contribution in [3.8, 4) is 0 Å². The lowest BCUT2D eigenvalue weighted by Crippen LogP contribution is -2.59. The van der Waals surface area contributed by atoms with Crippen molar-refractivity contribution in [1.82, 2.24) is 20.0 Å². The summed E-state index contributed by atoms with van der Waals surface area (Å²) in [4.78, 5) is 30.9. The van der Waals surface area contributed by atoms with Crippen molar-refractivity contribution in [2.75, 3.05) is 46.3 Å². The van der Waals surface area contributed by atoms with Crippen LogP contribution in [0.5, 0.6) is 0 Å². The van der Waals surface area contributed by atoms with Gasteiger partial charge in [-0.1, -0.05) is 24.6 Å². The predicted molar refractivity (Wildman–Crippen MR) is 103 cm³/mol. The number of rotatable bonds is 3. The maximum atomic E-state index is 12.7. The number of carbonyl (C=O) groups is 2. The Balaban J connectivity index is 1.62. The van der Waals surface area contributed by atoms with Gasteiger partial charge in [0, 0.05) is 62.4 Å². The molecule has 3 amide bonds. The number of amides is 3. The van der Waals surface area contributed by atoms with Gasteiger partial charge in [-0.25, -0.2) is 4.79 Å². The number of carbonyl (C=O) groups excluding carboxylic acids is 2. The molecular formula is C19H27ClN4O2. The molecule has 2 heterocycles. The molecule has 6 nitrogen and oxygen atoms in total. The average molecular weight is 379 g/mol. The lowest BCUT2D eigenvalue weighted by Gasteiger charge is -2.45. The number of nitrogens with one attached hydrogen (secondary N) is 1. The molecule has 26 heavy (non-hydrogen) atoms. The molecule has 1 aromatic rings. The second-order valence-corrected chi connectivity index (χ2v) is 7.53. The van der Waals surface area contributed by atoms with Gasteiger partial charge in [-0.05, 0) is 31.0 Å². The van der Waals surface area contributed by atoms with Crippen LogP contribution in [0.1, 0.15) is 30.1 Å². The molecule has 0 bridgehead atoms. The SMILES string of the molecule is CC[C@]1(N2CCN(C(=O)c3cccc(Cl)c3)CC2)CCN(C(=O)NC)C1. The molecule has 0 aromatic heterocycles. The van der Waals surface area contributed by atoms with Gasteiger partial charge in [0.1, 0.15) is 0 Å². The maximum Gasteiger partial charge on any atom is 0.317 e. The summed E-state index contributed by atoms with van der Waals surface area (Å²) in [6.07, 6.45) is 1.99. The third-order valence-electron chi connectivity index (χ3n) is 5.80. The van der Waals surface area contributed by atoms with Crippen molar-refractivity contribution >= 4 is 23.5 Å². The van der Waals surface area contributed by atoms with Crippen molar-refractivity contribution in [2.45, 2.75) is 25.3 Å². The van der Waals surface area contributed by atoms with Crippen molar-refractivity contribution < 1.29 is 9.59 Å². The van der Waals surface area contributed by atoms with E-state index in [-0.39, 0.29) is 17.5 Å². The van der Waals surface area contributed by atoms with Crippen LogP contribution in [-0.2, 0) is 0 Å². The Kier molecular flexibility index (Phi) is 5.73. The fraction of sp³-hybridized carbons (Fsp3) is 0.579. The van der Waals surface area contributed by atoms with Gasteiger partial charge in [-0.2, -0.15) is 0 Å². The normalized spacial score (nSPS) is 24.0. The quantitative estimate of drug-likeness (QED) is 0.878. The second kappa shape index (κ2) is 7.84. The van der Waals surface area contributed by atoms with E-state index >= 15 is 0 Å². The van der Waals surface area contributed by atoms with E-state index < -0.39 is 0 Å². The topological polar surface area (TPSA) is 55.9 Å². The molecule has 2 saturated heterocycles. The summed E-state index contributed by atoms with van der Waals surface area (Å²) in [5.74, 6) is 0.0381. The first-order valence-corrected chi connectivity index (χ1v) is 9.63. The van der Waals surface area contributed by atoms with Gasteiger partial charge >= 0.3 is 6.03 Å². The Bertz CT molecular complexity index is 675. The summed E-state index contributed by atoms with van der Waals surface area (Å²) < 4.78 is 0. The average Bonchev–Trinajstić information content (AvgIpc) is 3.13. The Labute approximate surface area is 160 Å². The van der Waals surface area contributed by atoms with Crippen LogP contribution in [0.15, 0.2) is 24.3 Å². The Morgan fingerprint density at radius 2 is 1.88 bits per heavy atom. The lowest BCUT2D eigenvalue weighted by molar-refractivity contribution is 0.0301. The molecule has 0 aliphatic carbocycles. The van der Waals surface area contributed by atoms with E-state index in [1.807, 2.05) is 21.9 Å². The molecule has 0 spiro atoms. The second-order valence-electron chi connectivity index (χ2n) is 7.09. The van der Waals surface area contributed by atoms with Crippen LogP contribution in [0.4, 0.5) is 4.79 Å². The summed E-state index contributed by atoms with van der Waals surface area (Å²) in [6.45, 7) is 6.81. The summed E-state index contributed by atoms with van der Waals surface area (Å²) >= 11 is 6.01. The fourth-order valence-electron chi connectivity index (χ4n) is 4.15. The predicted octanol–water partition coefficient (Wildman–Crippen LogP) is 2.29. The number of piperazine rings is 1. The molecule has 1 N–H and O–H groups in total. The smallest absolute Gasteiger partial charge is 0.317 e. The highest BCUT2D eigenvalue weighted by atomic mass is 35.5. The molecular weight excluding hydrogens is 352 g/mol. The van der Waals surface area contributed by atoms with Crippen molar-refractivity contribution in [3.63, 3.8) is 0 Å². The summed E-state index contributed by atoms with van der Waals surface area (Å²) in [5, 5.41) is 3.30. The minimum atomic E-state index is -0.00454. The highest BCUT2D eigenvalue weighted by Crippen LogP contribution is 2.32. The number of likely N-dealkylation sites (tertiary alicyclic amines) is 1. The van der Waals surface area contributed by atoms with Gasteiger partial charge in [-0.3, -0.25) is 9.69 Å². The van der Waals surface area contributed by atoms with Gasteiger partial charge in [0.05, 0.1) is 0 Å². The first-order valence-electron chi connectivity index (χ1n) is 9.25. The summed E-state index contributed by atoms with van der Waals surface area (Å²) in [5.41, 5.74) is 0.667. The third kappa shape index (κ3) is 3.67. The molecule has 2 fully saturated rings. The number of halogens is 1. The van der Waals surface area contributed by atoms with Crippen LogP contribution in [0, 0.1) is 0 Å². The third-order valence-corrected chi connectivity index (χ3v) is 6.04. The van der Waals surface area contributed by atoms with E-state index in [0.717, 1.165) is 39.0 Å². The monoisotopic (exact) mass is 378 g/mol. The van der Waals surface area contributed by atoms with Gasteiger partial charge in [0.25, 0.3) is 5.91 Å². The van der Waals surface area contributed by atoms with E-state index in [9.17, 15) is 9.59 Å². The van der Waals surface area contributed by atoms with Crippen LogP contribution < -0.4 is 5.32 Å². The van der Waals surface area contributed by atoms with E-state index in [2.05, 4.69) is 17.1 Å². The number of hydrogen-bond acceptors (Lipinski definition) is 3. The van der Waals surface area contributed by atoms with Gasteiger partial charge in [0.2, 0.25) is 0 Å². The molecule has 7 heteroatoms. The fourth-order valence-corrected chi connectivity index (χ4v) is 4.34. The number of benzene rings is 1. The van der Waals surface area contributed by atoms with E-state index in [1.165, 1.54) is 0 Å². The Morgan fingerprint density at radius 1 is 1.15 bits per heavy atom. The van der Waals surface area contributed by atoms with Crippen LogP contribution in [0.25, 0.3) is 0 Å². The van der Waals surface area contributed by atoms with Crippen LogP contribution >= 0.6 is 11.6 Å². The van der Waals surface area contributed by atoms with Crippen molar-refractivity contribution in [1.29, 1.82) is 0 Å². The van der Waals surface area contributed by atoms with Gasteiger partial charge in [-0.15, -0.1) is 0 Å². The maximum absolute atomic E-state index is 12.7. The van der Waals surface area contributed by atoms with Crippen molar-refractivity contribution in [2.24, 2.45) is 0 Å². The Hall–Kier alpha value is -1.79. The lowest BCUT2D eigenvalue weighted by atomic mass is 9.92. The van der Waals surface area contributed by atoms with Gasteiger partial charge in [0.15, 0.2) is 0 Å². The number of urea groups is 1. The molecule has 2 aliphatic heterocycles. The molecule has 1 atom stereocenters. The minimum Gasteiger partial charge on any atom is -0.341 e. The van der Waals surface area contributed by atoms with E-state index in [4.69, 9.17) is 11.6 Å². The summed E-state index contributed by atoms with van der Waals surface area (Å²) in [7, 11) is 1.68. The molecule has 142 valence electrons. The van der Waals surface area contributed by atoms with Gasteiger partial charge < -0.3 is 15.1 Å².